The number of fused-ring (bicyclic) bond motifs is 1. The first-order chi connectivity index (χ1) is 19.7. The van der Waals surface area contributed by atoms with Crippen molar-refractivity contribution < 1.29 is 9.59 Å². The summed E-state index contributed by atoms with van der Waals surface area (Å²) in [5, 5.41) is 12.5. The van der Waals surface area contributed by atoms with Crippen molar-refractivity contribution in [3.63, 3.8) is 0 Å². The first-order valence-corrected chi connectivity index (χ1v) is 14.2. The zero-order valence-corrected chi connectivity index (χ0v) is 24.3. The van der Waals surface area contributed by atoms with Crippen LogP contribution in [0.2, 0.25) is 0 Å². The molecule has 41 heavy (non-hydrogen) atoms. The van der Waals surface area contributed by atoms with E-state index in [-0.39, 0.29) is 11.8 Å². The van der Waals surface area contributed by atoms with Gasteiger partial charge >= 0.3 is 0 Å². The van der Waals surface area contributed by atoms with Gasteiger partial charge in [-0.25, -0.2) is 4.98 Å². The second kappa shape index (κ2) is 11.7. The molecule has 3 aromatic rings. The van der Waals surface area contributed by atoms with E-state index in [9.17, 15) is 9.59 Å². The molecule has 2 aliphatic heterocycles. The molecule has 1 aromatic heterocycles. The Balaban J connectivity index is 1.27. The van der Waals surface area contributed by atoms with Gasteiger partial charge in [0.1, 0.15) is 5.82 Å². The molecule has 214 valence electrons. The molecular weight excluding hydrogens is 514 g/mol. The van der Waals surface area contributed by atoms with Crippen LogP contribution in [0.5, 0.6) is 0 Å². The van der Waals surface area contributed by atoms with E-state index in [0.29, 0.717) is 30.8 Å². The Labute approximate surface area is 241 Å². The smallest absolute Gasteiger partial charge is 0.234 e. The molecule has 2 aromatic carbocycles. The van der Waals surface area contributed by atoms with Gasteiger partial charge in [-0.05, 0) is 87.0 Å². The van der Waals surface area contributed by atoms with Crippen molar-refractivity contribution >= 4 is 41.0 Å². The lowest BCUT2D eigenvalue weighted by molar-refractivity contribution is -0.122. The van der Waals surface area contributed by atoms with Crippen molar-refractivity contribution in [3.8, 4) is 0 Å². The highest BCUT2D eigenvalue weighted by Gasteiger charge is 2.39. The molecule has 0 unspecified atom stereocenters. The van der Waals surface area contributed by atoms with Crippen LogP contribution in [0.3, 0.4) is 0 Å². The number of nitrogens with one attached hydrogen (secondary N) is 4. The first-order valence-electron chi connectivity index (χ1n) is 14.2. The van der Waals surface area contributed by atoms with Crippen molar-refractivity contribution in [2.24, 2.45) is 0 Å². The summed E-state index contributed by atoms with van der Waals surface area (Å²) in [6.07, 6.45) is 5.56. The average Bonchev–Trinajstić information content (AvgIpc) is 3.21. The number of aromatic nitrogens is 2. The molecule has 5 rings (SSSR count). The van der Waals surface area contributed by atoms with E-state index >= 15 is 0 Å². The van der Waals surface area contributed by atoms with E-state index in [0.717, 1.165) is 59.6 Å². The highest BCUT2D eigenvalue weighted by atomic mass is 16.2. The minimum Gasteiger partial charge on any atom is -0.365 e. The van der Waals surface area contributed by atoms with Gasteiger partial charge in [0, 0.05) is 36.7 Å². The summed E-state index contributed by atoms with van der Waals surface area (Å²) in [6, 6.07) is 12.5. The van der Waals surface area contributed by atoms with Crippen molar-refractivity contribution in [1.29, 1.82) is 0 Å². The minimum absolute atomic E-state index is 0.00751. The summed E-state index contributed by atoms with van der Waals surface area (Å²) in [6.45, 7) is 12.7. The lowest BCUT2D eigenvalue weighted by atomic mass is 9.83. The summed E-state index contributed by atoms with van der Waals surface area (Å²) in [4.78, 5) is 35.7. The third kappa shape index (κ3) is 5.95. The van der Waals surface area contributed by atoms with Crippen LogP contribution in [-0.2, 0) is 21.5 Å². The first kappa shape index (κ1) is 28.3. The second-order valence-corrected chi connectivity index (χ2v) is 11.4. The Hall–Kier alpha value is -4.24. The predicted octanol–water partition coefficient (Wildman–Crippen LogP) is 4.94. The predicted molar refractivity (Wildman–Crippen MR) is 164 cm³/mol. The fourth-order valence-electron chi connectivity index (χ4n) is 5.81. The monoisotopic (exact) mass is 553 g/mol. The van der Waals surface area contributed by atoms with E-state index in [2.05, 4.69) is 62.9 Å². The summed E-state index contributed by atoms with van der Waals surface area (Å²) in [5.74, 6) is 1.72. The summed E-state index contributed by atoms with van der Waals surface area (Å²) in [5.41, 5.74) is 6.52. The Kier molecular flexibility index (Phi) is 8.08. The molecule has 0 bridgehead atoms. The number of aryl methyl sites for hydroxylation is 1. The van der Waals surface area contributed by atoms with Gasteiger partial charge in [0.2, 0.25) is 17.8 Å². The molecule has 0 atom stereocenters. The lowest BCUT2D eigenvalue weighted by Gasteiger charge is -2.31. The van der Waals surface area contributed by atoms with Crippen LogP contribution in [0.4, 0.5) is 23.1 Å². The van der Waals surface area contributed by atoms with Crippen LogP contribution in [0.15, 0.2) is 49.2 Å². The molecule has 1 saturated heterocycles. The second-order valence-electron chi connectivity index (χ2n) is 11.4. The molecule has 2 aliphatic rings. The molecular formula is C32H39N7O2. The topological polar surface area (TPSA) is 111 Å². The van der Waals surface area contributed by atoms with Crippen molar-refractivity contribution in [2.45, 2.75) is 51.5 Å². The van der Waals surface area contributed by atoms with Crippen LogP contribution in [-0.4, -0.2) is 53.4 Å². The summed E-state index contributed by atoms with van der Waals surface area (Å²) < 4.78 is 0. The van der Waals surface area contributed by atoms with Gasteiger partial charge in [0.25, 0.3) is 0 Å². The van der Waals surface area contributed by atoms with Gasteiger partial charge in [0.05, 0.1) is 12.0 Å². The van der Waals surface area contributed by atoms with Crippen LogP contribution in [0, 0.1) is 6.92 Å². The number of benzene rings is 2. The molecule has 0 aliphatic carbocycles. The van der Waals surface area contributed by atoms with E-state index in [1.807, 2.05) is 32.0 Å². The Bertz CT molecular complexity index is 1470. The number of carbonyl (C=O) groups is 2. The van der Waals surface area contributed by atoms with Crippen LogP contribution in [0.1, 0.15) is 60.4 Å². The fraction of sp³-hybridized carbons (Fsp3) is 0.375. The number of likely N-dealkylation sites (N-methyl/N-ethyl adjacent to an activating group) is 1. The number of rotatable bonds is 9. The van der Waals surface area contributed by atoms with Gasteiger partial charge in [-0.15, -0.1) is 0 Å². The molecule has 9 heteroatoms. The number of hydrogen-bond acceptors (Lipinski definition) is 7. The van der Waals surface area contributed by atoms with Gasteiger partial charge in [-0.1, -0.05) is 36.9 Å². The molecule has 0 saturated carbocycles. The minimum atomic E-state index is -0.598. The number of carbonyl (C=O) groups excluding carboxylic acids is 2. The van der Waals surface area contributed by atoms with Crippen molar-refractivity contribution in [1.82, 2.24) is 20.2 Å². The Morgan fingerprint density at radius 2 is 2.00 bits per heavy atom. The van der Waals surface area contributed by atoms with Gasteiger partial charge in [-0.3, -0.25) is 14.5 Å². The van der Waals surface area contributed by atoms with E-state index in [1.54, 1.807) is 19.3 Å². The highest BCUT2D eigenvalue weighted by Crippen LogP contribution is 2.40. The summed E-state index contributed by atoms with van der Waals surface area (Å²) in [7, 11) is 1.68. The number of anilines is 4. The SMILES string of the molecule is C=Cc1cnc(Nc2ccc(C3CCN(CC(=O)NC)CC3)cc2C)nc1NCc1cccc2c1C(C)(C)C(=O)N2. The average molecular weight is 554 g/mol. The van der Waals surface area contributed by atoms with Crippen LogP contribution >= 0.6 is 0 Å². The number of hydrogen-bond donors (Lipinski definition) is 4. The quantitative estimate of drug-likeness (QED) is 0.297. The normalized spacial score (nSPS) is 16.5. The molecule has 0 spiro atoms. The highest BCUT2D eigenvalue weighted by molar-refractivity contribution is 6.06. The van der Waals surface area contributed by atoms with E-state index < -0.39 is 5.41 Å². The zero-order valence-electron chi connectivity index (χ0n) is 24.3. The number of likely N-dealkylation sites (tertiary alicyclic amines) is 1. The van der Waals surface area contributed by atoms with Gasteiger partial charge in [0.15, 0.2) is 0 Å². The van der Waals surface area contributed by atoms with Crippen molar-refractivity contribution in [2.75, 3.05) is 42.6 Å². The fourth-order valence-corrected chi connectivity index (χ4v) is 5.81. The Morgan fingerprint density at radius 1 is 1.22 bits per heavy atom. The van der Waals surface area contributed by atoms with Crippen molar-refractivity contribution in [3.05, 3.63) is 77.0 Å². The third-order valence-electron chi connectivity index (χ3n) is 8.28. The molecule has 1 fully saturated rings. The maximum atomic E-state index is 12.5. The van der Waals surface area contributed by atoms with Gasteiger partial charge < -0.3 is 21.3 Å². The summed E-state index contributed by atoms with van der Waals surface area (Å²) >= 11 is 0. The standard InChI is InChI=1S/C32H39N7O2/c1-6-21-17-35-31(38-29(21)34-18-24-8-7-9-26-28(24)32(3,4)30(41)36-26)37-25-11-10-23(16-20(25)2)22-12-14-39(15-13-22)19-27(40)33-5/h6-11,16-17,22H,1,12-15,18-19H2,2-5H3,(H,33,40)(H,36,41)(H2,34,35,37,38). The van der Waals surface area contributed by atoms with E-state index in [4.69, 9.17) is 4.98 Å². The molecule has 2 amide bonds. The van der Waals surface area contributed by atoms with Crippen LogP contribution < -0.4 is 21.3 Å². The van der Waals surface area contributed by atoms with Gasteiger partial charge in [-0.2, -0.15) is 4.98 Å². The maximum Gasteiger partial charge on any atom is 0.234 e. The Morgan fingerprint density at radius 3 is 2.71 bits per heavy atom. The number of amides is 2. The molecule has 0 radical (unpaired) electrons. The molecule has 4 N–H and O–H groups in total. The number of piperidine rings is 1. The largest absolute Gasteiger partial charge is 0.365 e. The molecule has 3 heterocycles. The zero-order chi connectivity index (χ0) is 29.1. The molecule has 9 nitrogen and oxygen atoms in total. The van der Waals surface area contributed by atoms with Crippen LogP contribution in [0.25, 0.3) is 6.08 Å². The number of nitrogens with zero attached hydrogens (tertiary/aromatic N) is 3. The lowest BCUT2D eigenvalue weighted by Crippen LogP contribution is -2.40. The maximum absolute atomic E-state index is 12.5. The third-order valence-corrected chi connectivity index (χ3v) is 8.28. The van der Waals surface area contributed by atoms with E-state index in [1.165, 1.54) is 5.56 Å².